The van der Waals surface area contributed by atoms with Crippen LogP contribution in [0.25, 0.3) is 0 Å². The van der Waals surface area contributed by atoms with Gasteiger partial charge in [0.15, 0.2) is 15.6 Å². The summed E-state index contributed by atoms with van der Waals surface area (Å²) < 4.78 is 35.0. The van der Waals surface area contributed by atoms with Crippen molar-refractivity contribution >= 4 is 9.84 Å². The maximum atomic E-state index is 11.8. The van der Waals surface area contributed by atoms with Crippen molar-refractivity contribution in [2.24, 2.45) is 0 Å². The molecule has 0 aromatic heterocycles. The van der Waals surface area contributed by atoms with E-state index in [-0.39, 0.29) is 5.75 Å². The topological polar surface area (TPSA) is 52.6 Å². The summed E-state index contributed by atoms with van der Waals surface area (Å²) in [6, 6.07) is 6.86. The van der Waals surface area contributed by atoms with Crippen LogP contribution in [0, 0.1) is 0 Å². The summed E-state index contributed by atoms with van der Waals surface area (Å²) in [6.07, 6.45) is 1.71. The Bertz CT molecular complexity index is 513. The first kappa shape index (κ1) is 14.5. The van der Waals surface area contributed by atoms with Crippen molar-refractivity contribution < 1.29 is 17.9 Å². The van der Waals surface area contributed by atoms with Crippen LogP contribution in [0.1, 0.15) is 32.3 Å². The molecule has 1 aliphatic heterocycles. The van der Waals surface area contributed by atoms with Crippen LogP contribution in [0.4, 0.5) is 0 Å². The Hall–Kier alpha value is -0.910. The predicted octanol–water partition coefficient (Wildman–Crippen LogP) is 2.48. The van der Waals surface area contributed by atoms with Crippen LogP contribution in [-0.4, -0.2) is 27.4 Å². The molecule has 5 heteroatoms. The highest BCUT2D eigenvalue weighted by atomic mass is 32.2. The Balaban J connectivity index is 2.31. The first-order valence-electron chi connectivity index (χ1n) is 6.65. The molecule has 1 aliphatic rings. The van der Waals surface area contributed by atoms with E-state index in [4.69, 9.17) is 9.47 Å². The number of ether oxygens (including phenoxy) is 2. The molecule has 0 aliphatic carbocycles. The quantitative estimate of drug-likeness (QED) is 0.833. The van der Waals surface area contributed by atoms with Crippen LogP contribution in [0.2, 0.25) is 0 Å². The van der Waals surface area contributed by atoms with Crippen molar-refractivity contribution in [1.82, 2.24) is 0 Å². The summed E-state index contributed by atoms with van der Waals surface area (Å²) in [5, 5.41) is 0. The van der Waals surface area contributed by atoms with Crippen molar-refractivity contribution in [3.8, 4) is 0 Å². The Kier molecular flexibility index (Phi) is 4.28. The molecule has 0 radical (unpaired) electrons. The highest BCUT2D eigenvalue weighted by molar-refractivity contribution is 7.91. The monoisotopic (exact) mass is 284 g/mol. The molecule has 1 aromatic rings. The fourth-order valence-electron chi connectivity index (χ4n) is 2.32. The predicted molar refractivity (Wildman–Crippen MR) is 72.7 cm³/mol. The summed E-state index contributed by atoms with van der Waals surface area (Å²) in [7, 11) is -3.15. The molecule has 0 unspecified atom stereocenters. The van der Waals surface area contributed by atoms with Gasteiger partial charge in [-0.15, -0.1) is 0 Å². The van der Waals surface area contributed by atoms with Crippen LogP contribution in [0.15, 0.2) is 29.2 Å². The Morgan fingerprint density at radius 2 is 1.68 bits per heavy atom. The van der Waals surface area contributed by atoms with Crippen LogP contribution in [-0.2, 0) is 25.1 Å². The Labute approximate surface area is 114 Å². The largest absolute Gasteiger partial charge is 0.343 e. The van der Waals surface area contributed by atoms with Crippen LogP contribution in [0.5, 0.6) is 0 Å². The molecule has 0 atom stereocenters. The molecular weight excluding hydrogens is 264 g/mol. The molecule has 106 valence electrons. The van der Waals surface area contributed by atoms with Gasteiger partial charge >= 0.3 is 0 Å². The second-order valence-electron chi connectivity index (χ2n) is 4.63. The minimum atomic E-state index is -3.15. The van der Waals surface area contributed by atoms with Gasteiger partial charge in [-0.05, 0) is 12.1 Å². The van der Waals surface area contributed by atoms with Crippen molar-refractivity contribution in [3.05, 3.63) is 29.8 Å². The highest BCUT2D eigenvalue weighted by Gasteiger charge is 2.37. The van der Waals surface area contributed by atoms with Gasteiger partial charge in [-0.25, -0.2) is 8.42 Å². The molecular formula is C14H20O4S. The molecule has 0 spiro atoms. The second kappa shape index (κ2) is 5.61. The fraction of sp³-hybridized carbons (Fsp3) is 0.571. The van der Waals surface area contributed by atoms with E-state index < -0.39 is 15.6 Å². The molecule has 4 nitrogen and oxygen atoms in total. The van der Waals surface area contributed by atoms with E-state index >= 15 is 0 Å². The molecule has 2 rings (SSSR count). The van der Waals surface area contributed by atoms with Gasteiger partial charge in [-0.1, -0.05) is 32.4 Å². The van der Waals surface area contributed by atoms with Gasteiger partial charge in [0, 0.05) is 12.0 Å². The second-order valence-corrected chi connectivity index (χ2v) is 6.91. The van der Waals surface area contributed by atoms with Crippen molar-refractivity contribution in [2.45, 2.75) is 37.4 Å². The van der Waals surface area contributed by atoms with Crippen LogP contribution >= 0.6 is 0 Å². The van der Waals surface area contributed by atoms with Crippen molar-refractivity contribution in [1.29, 1.82) is 0 Å². The number of hydrogen-bond donors (Lipinski definition) is 0. The molecule has 0 saturated carbocycles. The molecule has 19 heavy (non-hydrogen) atoms. The van der Waals surface area contributed by atoms with E-state index in [1.54, 1.807) is 31.2 Å². The lowest BCUT2D eigenvalue weighted by Crippen LogP contribution is -2.26. The zero-order valence-corrected chi connectivity index (χ0v) is 12.2. The number of sulfone groups is 1. The van der Waals surface area contributed by atoms with Crippen molar-refractivity contribution in [2.75, 3.05) is 19.0 Å². The van der Waals surface area contributed by atoms with E-state index in [0.717, 1.165) is 18.4 Å². The van der Waals surface area contributed by atoms with E-state index in [9.17, 15) is 8.42 Å². The summed E-state index contributed by atoms with van der Waals surface area (Å²) in [4.78, 5) is 0.350. The molecule has 1 saturated heterocycles. The molecule has 0 amide bonds. The maximum Gasteiger partial charge on any atom is 0.194 e. The van der Waals surface area contributed by atoms with Crippen LogP contribution < -0.4 is 0 Å². The van der Waals surface area contributed by atoms with Gasteiger partial charge < -0.3 is 9.47 Å². The lowest BCUT2D eigenvalue weighted by molar-refractivity contribution is -0.171. The summed E-state index contributed by atoms with van der Waals surface area (Å²) in [5.41, 5.74) is 0.891. The average Bonchev–Trinajstić information content (AvgIpc) is 2.89. The smallest absolute Gasteiger partial charge is 0.194 e. The third-order valence-corrected chi connectivity index (χ3v) is 5.12. The Morgan fingerprint density at radius 1 is 1.11 bits per heavy atom. The van der Waals surface area contributed by atoms with Crippen molar-refractivity contribution in [3.63, 3.8) is 0 Å². The van der Waals surface area contributed by atoms with E-state index in [1.807, 2.05) is 0 Å². The molecule has 0 bridgehead atoms. The fourth-order valence-corrected chi connectivity index (χ4v) is 3.21. The Morgan fingerprint density at radius 3 is 2.16 bits per heavy atom. The van der Waals surface area contributed by atoms with E-state index in [1.165, 1.54) is 0 Å². The van der Waals surface area contributed by atoms with Gasteiger partial charge in [-0.2, -0.15) is 0 Å². The zero-order chi connectivity index (χ0) is 13.9. The lowest BCUT2D eigenvalue weighted by Gasteiger charge is -2.27. The molecule has 1 fully saturated rings. The van der Waals surface area contributed by atoms with Gasteiger partial charge in [0.1, 0.15) is 0 Å². The molecule has 1 aromatic carbocycles. The standard InChI is InChI=1S/C14H20O4S/c1-3-9-14(17-10-11-18-14)12-5-7-13(8-6-12)19(15,16)4-2/h5-8H,3-4,9-11H2,1-2H3. The normalized spacial score (nSPS) is 18.6. The summed E-state index contributed by atoms with van der Waals surface area (Å²) in [6.45, 7) is 4.87. The summed E-state index contributed by atoms with van der Waals surface area (Å²) >= 11 is 0. The molecule has 0 N–H and O–H groups in total. The van der Waals surface area contributed by atoms with E-state index in [0.29, 0.717) is 18.1 Å². The van der Waals surface area contributed by atoms with Crippen LogP contribution in [0.3, 0.4) is 0 Å². The SMILES string of the molecule is CCCC1(c2ccc(S(=O)(=O)CC)cc2)OCCO1. The number of benzene rings is 1. The van der Waals surface area contributed by atoms with Gasteiger partial charge in [0.05, 0.1) is 23.9 Å². The van der Waals surface area contributed by atoms with Gasteiger partial charge in [0.25, 0.3) is 0 Å². The average molecular weight is 284 g/mol. The minimum absolute atomic E-state index is 0.111. The third kappa shape index (κ3) is 2.83. The summed E-state index contributed by atoms with van der Waals surface area (Å²) in [5.74, 6) is -0.581. The van der Waals surface area contributed by atoms with Gasteiger partial charge in [-0.3, -0.25) is 0 Å². The first-order chi connectivity index (χ1) is 9.04. The first-order valence-corrected chi connectivity index (χ1v) is 8.30. The third-order valence-electron chi connectivity index (χ3n) is 3.37. The number of hydrogen-bond acceptors (Lipinski definition) is 4. The lowest BCUT2D eigenvalue weighted by atomic mass is 10.0. The number of rotatable bonds is 5. The van der Waals surface area contributed by atoms with Gasteiger partial charge in [0.2, 0.25) is 0 Å². The molecule has 1 heterocycles. The maximum absolute atomic E-state index is 11.8. The zero-order valence-electron chi connectivity index (χ0n) is 11.4. The minimum Gasteiger partial charge on any atom is -0.343 e. The highest BCUT2D eigenvalue weighted by Crippen LogP contribution is 2.36. The van der Waals surface area contributed by atoms with E-state index in [2.05, 4.69) is 6.92 Å².